The van der Waals surface area contributed by atoms with Gasteiger partial charge in [-0.1, -0.05) is 6.08 Å². The Morgan fingerprint density at radius 2 is 2.67 bits per heavy atom. The van der Waals surface area contributed by atoms with Crippen LogP contribution in [0.15, 0.2) is 29.0 Å². The number of hydrogen-bond acceptors (Lipinski definition) is 0. The maximum Gasteiger partial charge on any atom is 0.0277 e. The van der Waals surface area contributed by atoms with Crippen molar-refractivity contribution in [3.63, 3.8) is 0 Å². The largest absolute Gasteiger partial charge is 0.107 e. The topological polar surface area (TPSA) is 0 Å². The van der Waals surface area contributed by atoms with Crippen LogP contribution in [-0.4, -0.2) is 0 Å². The molecule has 0 spiro atoms. The standard InChI is InChI=1S/C6H4/c1-2-5-4-6(5)3-1/h1-2H,3H2. The van der Waals surface area contributed by atoms with Crippen molar-refractivity contribution in [3.8, 4) is 0 Å². The van der Waals surface area contributed by atoms with E-state index < -0.39 is 0 Å². The van der Waals surface area contributed by atoms with E-state index in [9.17, 15) is 0 Å². The van der Waals surface area contributed by atoms with Gasteiger partial charge in [0, 0.05) is 11.1 Å². The van der Waals surface area contributed by atoms with Crippen LogP contribution in [0.2, 0.25) is 0 Å². The summed E-state index contributed by atoms with van der Waals surface area (Å²) in [6, 6.07) is 0. The molecule has 0 fully saturated rings. The summed E-state index contributed by atoms with van der Waals surface area (Å²) in [6.07, 6.45) is 5.44. The molecule has 6 heavy (non-hydrogen) atoms. The van der Waals surface area contributed by atoms with Crippen LogP contribution in [0.5, 0.6) is 0 Å². The molecule has 0 bridgehead atoms. The lowest BCUT2D eigenvalue weighted by atomic mass is 10.4. The molecule has 0 saturated heterocycles. The fourth-order valence-corrected chi connectivity index (χ4v) is 0.729. The van der Waals surface area contributed by atoms with Gasteiger partial charge in [-0.15, -0.1) is 5.73 Å². The second-order valence-electron chi connectivity index (χ2n) is 1.62. The highest BCUT2D eigenvalue weighted by molar-refractivity contribution is 5.57. The van der Waals surface area contributed by atoms with Gasteiger partial charge in [0.25, 0.3) is 0 Å². The summed E-state index contributed by atoms with van der Waals surface area (Å²) in [6.45, 7) is 0. The molecule has 2 rings (SSSR count). The Labute approximate surface area is 36.5 Å². The molecule has 0 N–H and O–H groups in total. The molecule has 0 heterocycles. The molecule has 0 aromatic carbocycles. The van der Waals surface area contributed by atoms with Gasteiger partial charge in [-0.05, 0) is 12.5 Å². The average Bonchev–Trinajstić information content (AvgIpc) is 2.17. The first-order valence-electron chi connectivity index (χ1n) is 2.13. The summed E-state index contributed by atoms with van der Waals surface area (Å²) in [7, 11) is 0. The van der Waals surface area contributed by atoms with Crippen molar-refractivity contribution >= 4 is 0 Å². The summed E-state index contributed by atoms with van der Waals surface area (Å²) in [4.78, 5) is 0. The summed E-state index contributed by atoms with van der Waals surface area (Å²) in [5, 5.41) is 0. The molecular weight excluding hydrogens is 72.1 g/mol. The van der Waals surface area contributed by atoms with Gasteiger partial charge in [-0.3, -0.25) is 0 Å². The molecule has 0 heteroatoms. The Balaban J connectivity index is 2.53. The lowest BCUT2D eigenvalue weighted by molar-refractivity contribution is 1.39. The van der Waals surface area contributed by atoms with Crippen molar-refractivity contribution in [1.82, 2.24) is 0 Å². The summed E-state index contributed by atoms with van der Waals surface area (Å²) >= 11 is 0. The minimum atomic E-state index is 1.15. The van der Waals surface area contributed by atoms with E-state index in [1.807, 2.05) is 0 Å². The van der Waals surface area contributed by atoms with Gasteiger partial charge in [-0.2, -0.15) is 0 Å². The van der Waals surface area contributed by atoms with Crippen molar-refractivity contribution < 1.29 is 0 Å². The van der Waals surface area contributed by atoms with Crippen LogP contribution in [0.4, 0.5) is 0 Å². The minimum Gasteiger partial charge on any atom is -0.107 e. The molecule has 0 unspecified atom stereocenters. The third kappa shape index (κ3) is 0.131. The van der Waals surface area contributed by atoms with Crippen LogP contribution in [0, 0.1) is 0 Å². The summed E-state index contributed by atoms with van der Waals surface area (Å²) in [5.74, 6) is 0. The van der Waals surface area contributed by atoms with Gasteiger partial charge in [-0.25, -0.2) is 0 Å². The lowest BCUT2D eigenvalue weighted by Crippen LogP contribution is -1.50. The van der Waals surface area contributed by atoms with E-state index in [0.717, 1.165) is 6.42 Å². The van der Waals surface area contributed by atoms with Crippen molar-refractivity contribution in [2.24, 2.45) is 0 Å². The quantitative estimate of drug-likeness (QED) is 0.383. The molecule has 2 aliphatic rings. The van der Waals surface area contributed by atoms with E-state index in [1.54, 1.807) is 0 Å². The Morgan fingerprint density at radius 3 is 2.83 bits per heavy atom. The molecule has 0 aromatic rings. The molecule has 0 atom stereocenters. The smallest absolute Gasteiger partial charge is 0.0277 e. The van der Waals surface area contributed by atoms with Crippen molar-refractivity contribution in [3.05, 3.63) is 29.0 Å². The van der Waals surface area contributed by atoms with E-state index >= 15 is 0 Å². The molecule has 0 saturated carbocycles. The zero-order valence-corrected chi connectivity index (χ0v) is 3.36. The van der Waals surface area contributed by atoms with Crippen LogP contribution in [0.25, 0.3) is 0 Å². The summed E-state index contributed by atoms with van der Waals surface area (Å²) in [5.41, 5.74) is 5.90. The van der Waals surface area contributed by atoms with Gasteiger partial charge < -0.3 is 0 Å². The van der Waals surface area contributed by atoms with Crippen molar-refractivity contribution in [2.45, 2.75) is 6.42 Å². The third-order valence-electron chi connectivity index (χ3n) is 1.15. The zero-order chi connectivity index (χ0) is 3.98. The highest BCUT2D eigenvalue weighted by Crippen LogP contribution is 2.30. The first-order chi connectivity index (χ1) is 2.97. The van der Waals surface area contributed by atoms with Crippen molar-refractivity contribution in [2.75, 3.05) is 0 Å². The maximum atomic E-state index is 3.11. The number of allylic oxidation sites excluding steroid dienone is 3. The number of rotatable bonds is 0. The van der Waals surface area contributed by atoms with Crippen LogP contribution in [-0.2, 0) is 0 Å². The fourth-order valence-electron chi connectivity index (χ4n) is 0.729. The van der Waals surface area contributed by atoms with Gasteiger partial charge in [0.2, 0.25) is 0 Å². The number of hydrogen-bond donors (Lipinski definition) is 0. The van der Waals surface area contributed by atoms with Crippen LogP contribution >= 0.6 is 0 Å². The number of fused-ring (bicyclic) bond motifs is 1. The fraction of sp³-hybridized carbons (Fsp3) is 0.167. The van der Waals surface area contributed by atoms with Gasteiger partial charge in [0.1, 0.15) is 0 Å². The Kier molecular flexibility index (Phi) is 0.214. The van der Waals surface area contributed by atoms with Gasteiger partial charge in [0.15, 0.2) is 0 Å². The molecule has 0 aromatic heterocycles. The molecule has 0 aliphatic heterocycles. The Morgan fingerprint density at radius 1 is 1.67 bits per heavy atom. The van der Waals surface area contributed by atoms with Crippen LogP contribution < -0.4 is 0 Å². The van der Waals surface area contributed by atoms with Gasteiger partial charge >= 0.3 is 0 Å². The molecule has 28 valence electrons. The first-order valence-corrected chi connectivity index (χ1v) is 2.13. The molecular formula is C6H4. The minimum absolute atomic E-state index is 1.15. The molecule has 0 amide bonds. The highest BCUT2D eigenvalue weighted by Gasteiger charge is 2.14. The second kappa shape index (κ2) is 0.528. The van der Waals surface area contributed by atoms with E-state index in [4.69, 9.17) is 0 Å². The second-order valence-corrected chi connectivity index (χ2v) is 1.62. The summed E-state index contributed by atoms with van der Waals surface area (Å²) < 4.78 is 0. The lowest BCUT2D eigenvalue weighted by Gasteiger charge is -1.65. The van der Waals surface area contributed by atoms with Crippen molar-refractivity contribution in [1.29, 1.82) is 0 Å². The first kappa shape index (κ1) is 2.44. The Hall–Kier alpha value is -0.740. The van der Waals surface area contributed by atoms with Crippen LogP contribution in [0.3, 0.4) is 0 Å². The third-order valence-corrected chi connectivity index (χ3v) is 1.15. The molecule has 0 nitrogen and oxygen atoms in total. The van der Waals surface area contributed by atoms with E-state index in [2.05, 4.69) is 17.9 Å². The van der Waals surface area contributed by atoms with Crippen LogP contribution in [0.1, 0.15) is 6.42 Å². The predicted octanol–water partition coefficient (Wildman–Crippen LogP) is 1.41. The van der Waals surface area contributed by atoms with E-state index in [1.165, 1.54) is 11.1 Å². The normalized spacial score (nSPS) is 22.7. The maximum absolute atomic E-state index is 3.11. The predicted molar refractivity (Wildman–Crippen MR) is 24.3 cm³/mol. The van der Waals surface area contributed by atoms with Gasteiger partial charge in [0.05, 0.1) is 0 Å². The zero-order valence-electron chi connectivity index (χ0n) is 3.36. The highest BCUT2D eigenvalue weighted by atomic mass is 14.2. The Bertz CT molecular complexity index is 176. The van der Waals surface area contributed by atoms with E-state index in [0.29, 0.717) is 0 Å². The van der Waals surface area contributed by atoms with E-state index in [-0.39, 0.29) is 0 Å². The molecule has 2 aliphatic carbocycles. The monoisotopic (exact) mass is 76.0 g/mol. The average molecular weight is 76.1 g/mol. The SMILES string of the molecule is C1=C2C=CCC=12. The molecule has 0 radical (unpaired) electrons.